The molecule has 1 aromatic heterocycles. The molecule has 0 spiro atoms. The Labute approximate surface area is 152 Å². The normalized spacial score (nSPS) is 14.7. The van der Waals surface area contributed by atoms with Crippen LogP contribution >= 0.6 is 0 Å². The van der Waals surface area contributed by atoms with Gasteiger partial charge in [0.05, 0.1) is 33.6 Å². The highest BCUT2D eigenvalue weighted by atomic mass is 16.5. The fourth-order valence-electron chi connectivity index (χ4n) is 2.65. The van der Waals surface area contributed by atoms with Crippen LogP contribution in [0.15, 0.2) is 24.4 Å². The van der Waals surface area contributed by atoms with Crippen molar-refractivity contribution in [2.75, 3.05) is 64.2 Å². The molecule has 140 valence electrons. The van der Waals surface area contributed by atoms with Crippen LogP contribution in [0.1, 0.15) is 0 Å². The summed E-state index contributed by atoms with van der Waals surface area (Å²) >= 11 is 0. The van der Waals surface area contributed by atoms with Crippen molar-refractivity contribution in [3.8, 4) is 11.5 Å². The highest BCUT2D eigenvalue weighted by Gasteiger charge is 2.10. The van der Waals surface area contributed by atoms with E-state index in [0.717, 1.165) is 45.1 Å². The SMILES string of the molecule is COc1ccc(Nc2cnnc(NCCN3CCOCC3)n2)cc1OC. The molecule has 9 nitrogen and oxygen atoms in total. The number of hydrogen-bond acceptors (Lipinski definition) is 9. The highest BCUT2D eigenvalue weighted by Crippen LogP contribution is 2.30. The van der Waals surface area contributed by atoms with Crippen molar-refractivity contribution in [3.63, 3.8) is 0 Å². The van der Waals surface area contributed by atoms with Gasteiger partial charge in [-0.05, 0) is 12.1 Å². The summed E-state index contributed by atoms with van der Waals surface area (Å²) < 4.78 is 15.9. The second-order valence-electron chi connectivity index (χ2n) is 5.74. The fourth-order valence-corrected chi connectivity index (χ4v) is 2.65. The first kappa shape index (κ1) is 18.2. The maximum Gasteiger partial charge on any atom is 0.244 e. The molecule has 2 aromatic rings. The Morgan fingerprint density at radius 2 is 1.96 bits per heavy atom. The summed E-state index contributed by atoms with van der Waals surface area (Å²) in [6.45, 7) is 5.18. The van der Waals surface area contributed by atoms with E-state index in [9.17, 15) is 0 Å². The monoisotopic (exact) mass is 360 g/mol. The van der Waals surface area contributed by atoms with Crippen LogP contribution in [-0.4, -0.2) is 73.7 Å². The summed E-state index contributed by atoms with van der Waals surface area (Å²) in [4.78, 5) is 6.78. The number of methoxy groups -OCH3 is 2. The van der Waals surface area contributed by atoms with Crippen molar-refractivity contribution >= 4 is 17.5 Å². The summed E-state index contributed by atoms with van der Waals surface area (Å²) in [5, 5.41) is 14.4. The van der Waals surface area contributed by atoms with Crippen LogP contribution in [0.3, 0.4) is 0 Å². The molecule has 0 bridgehead atoms. The number of hydrogen-bond donors (Lipinski definition) is 2. The van der Waals surface area contributed by atoms with Gasteiger partial charge in [0.1, 0.15) is 0 Å². The number of rotatable bonds is 8. The third kappa shape index (κ3) is 4.93. The van der Waals surface area contributed by atoms with Gasteiger partial charge >= 0.3 is 0 Å². The standard InChI is InChI=1S/C17H24N6O3/c1-24-14-4-3-13(11-15(14)25-2)20-16-12-19-22-17(21-16)18-5-6-23-7-9-26-10-8-23/h3-4,11-12H,5-10H2,1-2H3,(H2,18,20,21,22). The van der Waals surface area contributed by atoms with Gasteiger partial charge in [-0.2, -0.15) is 10.1 Å². The second-order valence-corrected chi connectivity index (χ2v) is 5.74. The maximum absolute atomic E-state index is 5.35. The predicted molar refractivity (Wildman–Crippen MR) is 98.4 cm³/mol. The Hall–Kier alpha value is -2.65. The first-order valence-corrected chi connectivity index (χ1v) is 8.51. The third-order valence-electron chi connectivity index (χ3n) is 4.03. The number of aromatic nitrogens is 3. The molecule has 9 heteroatoms. The van der Waals surface area contributed by atoms with E-state index >= 15 is 0 Å². The smallest absolute Gasteiger partial charge is 0.244 e. The van der Waals surface area contributed by atoms with E-state index in [4.69, 9.17) is 14.2 Å². The van der Waals surface area contributed by atoms with Crippen molar-refractivity contribution in [3.05, 3.63) is 24.4 Å². The summed E-state index contributed by atoms with van der Waals surface area (Å²) in [5.74, 6) is 2.40. The summed E-state index contributed by atoms with van der Waals surface area (Å²) in [5.41, 5.74) is 0.822. The van der Waals surface area contributed by atoms with Crippen molar-refractivity contribution in [1.82, 2.24) is 20.1 Å². The van der Waals surface area contributed by atoms with Gasteiger partial charge in [-0.15, -0.1) is 5.10 Å². The largest absolute Gasteiger partial charge is 0.493 e. The Morgan fingerprint density at radius 3 is 2.73 bits per heavy atom. The van der Waals surface area contributed by atoms with Gasteiger partial charge < -0.3 is 24.8 Å². The van der Waals surface area contributed by atoms with Crippen LogP contribution in [0.25, 0.3) is 0 Å². The van der Waals surface area contributed by atoms with Gasteiger partial charge in [0.2, 0.25) is 5.95 Å². The zero-order valence-corrected chi connectivity index (χ0v) is 15.1. The van der Waals surface area contributed by atoms with E-state index in [1.165, 1.54) is 0 Å². The lowest BCUT2D eigenvalue weighted by atomic mass is 10.2. The molecule has 0 unspecified atom stereocenters. The summed E-state index contributed by atoms with van der Waals surface area (Å²) in [7, 11) is 3.21. The molecule has 1 aliphatic heterocycles. The molecule has 0 saturated carbocycles. The van der Waals surface area contributed by atoms with E-state index in [0.29, 0.717) is 23.3 Å². The molecule has 0 amide bonds. The van der Waals surface area contributed by atoms with Crippen molar-refractivity contribution < 1.29 is 14.2 Å². The van der Waals surface area contributed by atoms with E-state index in [2.05, 4.69) is 30.7 Å². The van der Waals surface area contributed by atoms with Crippen LogP contribution in [0.5, 0.6) is 11.5 Å². The Morgan fingerprint density at radius 1 is 1.15 bits per heavy atom. The van der Waals surface area contributed by atoms with Crippen LogP contribution in [-0.2, 0) is 4.74 Å². The van der Waals surface area contributed by atoms with Crippen molar-refractivity contribution in [2.24, 2.45) is 0 Å². The molecule has 1 aliphatic rings. The molecule has 0 atom stereocenters. The minimum atomic E-state index is 0.490. The van der Waals surface area contributed by atoms with Crippen LogP contribution in [0.4, 0.5) is 17.5 Å². The van der Waals surface area contributed by atoms with Crippen LogP contribution in [0, 0.1) is 0 Å². The highest BCUT2D eigenvalue weighted by molar-refractivity contribution is 5.61. The Kier molecular flexibility index (Phi) is 6.39. The number of nitrogens with zero attached hydrogens (tertiary/aromatic N) is 4. The number of nitrogens with one attached hydrogen (secondary N) is 2. The van der Waals surface area contributed by atoms with Crippen molar-refractivity contribution in [2.45, 2.75) is 0 Å². The average Bonchev–Trinajstić information content (AvgIpc) is 2.69. The van der Waals surface area contributed by atoms with E-state index in [-0.39, 0.29) is 0 Å². The lowest BCUT2D eigenvalue weighted by molar-refractivity contribution is 0.0398. The zero-order chi connectivity index (χ0) is 18.2. The minimum absolute atomic E-state index is 0.490. The number of morpholine rings is 1. The lowest BCUT2D eigenvalue weighted by Gasteiger charge is -2.26. The van der Waals surface area contributed by atoms with Crippen LogP contribution in [0.2, 0.25) is 0 Å². The second kappa shape index (κ2) is 9.16. The van der Waals surface area contributed by atoms with Crippen molar-refractivity contribution in [1.29, 1.82) is 0 Å². The number of anilines is 3. The number of ether oxygens (including phenoxy) is 3. The topological polar surface area (TPSA) is 93.7 Å². The van der Waals surface area contributed by atoms with Gasteiger partial charge in [0.15, 0.2) is 17.3 Å². The minimum Gasteiger partial charge on any atom is -0.493 e. The Balaban J connectivity index is 1.56. The molecule has 1 saturated heterocycles. The molecule has 26 heavy (non-hydrogen) atoms. The van der Waals surface area contributed by atoms with Gasteiger partial charge in [0.25, 0.3) is 0 Å². The molecule has 1 aromatic carbocycles. The molecule has 0 radical (unpaired) electrons. The quantitative estimate of drug-likeness (QED) is 0.724. The Bertz CT molecular complexity index is 709. The summed E-state index contributed by atoms with van der Waals surface area (Å²) in [6, 6.07) is 5.55. The maximum atomic E-state index is 5.35. The molecular weight excluding hydrogens is 336 g/mol. The van der Waals surface area contributed by atoms with Gasteiger partial charge in [-0.1, -0.05) is 0 Å². The predicted octanol–water partition coefficient (Wildman–Crippen LogP) is 1.38. The zero-order valence-electron chi connectivity index (χ0n) is 15.1. The van der Waals surface area contributed by atoms with Gasteiger partial charge in [-0.3, -0.25) is 4.90 Å². The molecule has 2 N–H and O–H groups in total. The van der Waals surface area contributed by atoms with Gasteiger partial charge in [-0.25, -0.2) is 0 Å². The first-order chi connectivity index (χ1) is 12.8. The molecule has 0 aliphatic carbocycles. The molecule has 3 rings (SSSR count). The fraction of sp³-hybridized carbons (Fsp3) is 0.471. The lowest BCUT2D eigenvalue weighted by Crippen LogP contribution is -2.39. The van der Waals surface area contributed by atoms with Crippen LogP contribution < -0.4 is 20.1 Å². The molecular formula is C17H24N6O3. The van der Waals surface area contributed by atoms with E-state index < -0.39 is 0 Å². The van der Waals surface area contributed by atoms with E-state index in [1.807, 2.05) is 18.2 Å². The van der Waals surface area contributed by atoms with E-state index in [1.54, 1.807) is 20.4 Å². The molecule has 1 fully saturated rings. The van der Waals surface area contributed by atoms with Gasteiger partial charge in [0, 0.05) is 37.9 Å². The first-order valence-electron chi connectivity index (χ1n) is 8.51. The molecule has 2 heterocycles. The average molecular weight is 360 g/mol. The third-order valence-corrected chi connectivity index (χ3v) is 4.03. The summed E-state index contributed by atoms with van der Waals surface area (Å²) in [6.07, 6.45) is 1.57. The number of benzene rings is 1.